The van der Waals surface area contributed by atoms with Crippen LogP contribution < -0.4 is 20.4 Å². The fourth-order valence-electron chi connectivity index (χ4n) is 11.4. The molecule has 1 aliphatic carbocycles. The van der Waals surface area contributed by atoms with Crippen molar-refractivity contribution >= 4 is 82.6 Å². The molecule has 0 radical (unpaired) electrons. The van der Waals surface area contributed by atoms with E-state index in [2.05, 4.69) is 58.0 Å². The predicted octanol–water partition coefficient (Wildman–Crippen LogP) is 6.13. The monoisotopic (exact) mass is 956 g/mol. The zero-order chi connectivity index (χ0) is 44.6. The molecule has 1 saturated carbocycles. The molecule has 0 bridgehead atoms. The van der Waals surface area contributed by atoms with Crippen LogP contribution >= 0.6 is 24.8 Å². The third-order valence-corrected chi connectivity index (χ3v) is 15.2. The number of imide groups is 1. The summed E-state index contributed by atoms with van der Waals surface area (Å²) in [6.45, 7) is 11.2. The summed E-state index contributed by atoms with van der Waals surface area (Å²) in [7, 11) is 3.58. The van der Waals surface area contributed by atoms with Gasteiger partial charge in [-0.05, 0) is 118 Å². The number of likely N-dealkylation sites (tertiary alicyclic amines) is 1. The van der Waals surface area contributed by atoms with Gasteiger partial charge in [-0.1, -0.05) is 12.8 Å². The number of nitrogens with zero attached hydrogens (tertiary/aromatic N) is 10. The highest BCUT2D eigenvalue weighted by Crippen LogP contribution is 2.37. The van der Waals surface area contributed by atoms with Crippen molar-refractivity contribution in [3.05, 3.63) is 65.6 Å². The molecule has 8 heterocycles. The molecule has 360 valence electrons. The van der Waals surface area contributed by atoms with Crippen molar-refractivity contribution in [2.24, 2.45) is 11.8 Å². The Morgan fingerprint density at radius 1 is 0.761 bits per heavy atom. The number of hydrogen-bond acceptors (Lipinski definition) is 12. The number of nitrogens with one attached hydrogen (secondary N) is 2. The molecular weight excluding hydrogens is 892 g/mol. The van der Waals surface area contributed by atoms with E-state index >= 15 is 0 Å². The van der Waals surface area contributed by atoms with Gasteiger partial charge in [0.25, 0.3) is 11.8 Å². The molecular formula is C49H66Cl2N12O4. The van der Waals surface area contributed by atoms with Gasteiger partial charge in [0.15, 0.2) is 0 Å². The van der Waals surface area contributed by atoms with Crippen LogP contribution in [0.5, 0.6) is 0 Å². The normalized spacial score (nSPS) is 21.3. The number of halogens is 2. The largest absolute Gasteiger partial charge is 0.372 e. The Morgan fingerprint density at radius 3 is 2.10 bits per heavy atom. The number of piperazine rings is 1. The van der Waals surface area contributed by atoms with Crippen molar-refractivity contribution in [2.75, 3.05) is 94.7 Å². The van der Waals surface area contributed by atoms with Crippen molar-refractivity contribution in [2.45, 2.75) is 89.3 Å². The van der Waals surface area contributed by atoms with Gasteiger partial charge in [0, 0.05) is 108 Å². The summed E-state index contributed by atoms with van der Waals surface area (Å²) >= 11 is 0. The molecule has 4 saturated heterocycles. The van der Waals surface area contributed by atoms with Crippen molar-refractivity contribution in [1.29, 1.82) is 0 Å². The number of carbonyl (C=O) groups excluding carboxylic acids is 4. The Morgan fingerprint density at radius 2 is 1.43 bits per heavy atom. The lowest BCUT2D eigenvalue weighted by atomic mass is 9.82. The predicted molar refractivity (Wildman–Crippen MR) is 265 cm³/mol. The molecule has 0 spiro atoms. The number of fused-ring (bicyclic) bond motifs is 2. The minimum Gasteiger partial charge on any atom is -0.372 e. The first-order chi connectivity index (χ1) is 31.6. The fourth-order valence-corrected chi connectivity index (χ4v) is 11.4. The van der Waals surface area contributed by atoms with Gasteiger partial charge in [0.05, 0.1) is 11.9 Å². The molecule has 4 amide bonds. The van der Waals surface area contributed by atoms with Crippen LogP contribution in [-0.4, -0.2) is 148 Å². The lowest BCUT2D eigenvalue weighted by Gasteiger charge is -2.39. The second-order valence-corrected chi connectivity index (χ2v) is 19.6. The first-order valence-corrected chi connectivity index (χ1v) is 24.2. The van der Waals surface area contributed by atoms with E-state index in [1.165, 1.54) is 45.2 Å². The van der Waals surface area contributed by atoms with Gasteiger partial charge < -0.3 is 34.4 Å². The molecule has 3 aromatic heterocycles. The van der Waals surface area contributed by atoms with E-state index in [9.17, 15) is 19.2 Å². The Bertz CT molecular complexity index is 2400. The zero-order valence-corrected chi connectivity index (χ0v) is 40.5. The highest BCUT2D eigenvalue weighted by Gasteiger charge is 2.39. The first-order valence-electron chi connectivity index (χ1n) is 24.2. The van der Waals surface area contributed by atoms with Gasteiger partial charge in [-0.2, -0.15) is 4.98 Å². The van der Waals surface area contributed by atoms with Crippen LogP contribution in [0.15, 0.2) is 48.8 Å². The maximum atomic E-state index is 13.2. The van der Waals surface area contributed by atoms with Crippen LogP contribution in [0.1, 0.15) is 103 Å². The summed E-state index contributed by atoms with van der Waals surface area (Å²) in [6.07, 6.45) is 15.1. The molecule has 5 fully saturated rings. The number of rotatable bonds is 12. The molecule has 4 aromatic rings. The number of anilines is 4. The third kappa shape index (κ3) is 10.5. The average molecular weight is 958 g/mol. The smallest absolute Gasteiger partial charge is 0.270 e. The van der Waals surface area contributed by atoms with Crippen LogP contribution in [0.25, 0.3) is 11.0 Å². The molecule has 1 atom stereocenters. The van der Waals surface area contributed by atoms with Crippen LogP contribution in [-0.2, 0) is 16.1 Å². The summed E-state index contributed by atoms with van der Waals surface area (Å²) in [6, 6.07) is 11.9. The van der Waals surface area contributed by atoms with Crippen molar-refractivity contribution in [1.82, 2.24) is 44.4 Å². The maximum absolute atomic E-state index is 13.2. The number of carbonyl (C=O) groups is 4. The summed E-state index contributed by atoms with van der Waals surface area (Å²) in [5, 5.41) is 6.58. The molecule has 5 aliphatic heterocycles. The van der Waals surface area contributed by atoms with Crippen LogP contribution in [0.2, 0.25) is 0 Å². The van der Waals surface area contributed by atoms with E-state index in [0.717, 1.165) is 118 Å². The van der Waals surface area contributed by atoms with Gasteiger partial charge in [-0.25, -0.2) is 9.97 Å². The van der Waals surface area contributed by atoms with Gasteiger partial charge in [0.2, 0.25) is 17.8 Å². The lowest BCUT2D eigenvalue weighted by Crippen LogP contribution is -2.52. The minimum atomic E-state index is -0.579. The topological polar surface area (TPSA) is 155 Å². The molecule has 6 aliphatic rings. The van der Waals surface area contributed by atoms with E-state index in [-0.39, 0.29) is 60.9 Å². The third-order valence-electron chi connectivity index (χ3n) is 15.2. The summed E-state index contributed by atoms with van der Waals surface area (Å²) in [5.74, 6) is 1.99. The molecule has 10 rings (SSSR count). The van der Waals surface area contributed by atoms with Crippen molar-refractivity contribution in [3.63, 3.8) is 0 Å². The Hall–Kier alpha value is -5.03. The van der Waals surface area contributed by atoms with Crippen molar-refractivity contribution in [3.8, 4) is 0 Å². The lowest BCUT2D eigenvalue weighted by molar-refractivity contribution is -0.136. The second kappa shape index (κ2) is 21.1. The SMILES string of the molecule is CN(C)C(=O)c1cc2cnc(Nc3ccc(N4CCN(CCN5CCC(CC6CCN(c7ccc8c(c7)CN(C7CCC(=O)NC7=O)C8=O)CC6)CC5)CC4)cn3)nc2n1C1CCCC1.Cl.Cl. The number of piperidine rings is 3. The number of hydrogen-bond donors (Lipinski definition) is 2. The zero-order valence-electron chi connectivity index (χ0n) is 38.9. The molecule has 2 N–H and O–H groups in total. The summed E-state index contributed by atoms with van der Waals surface area (Å²) < 4.78 is 2.14. The molecule has 1 unspecified atom stereocenters. The molecule has 16 nitrogen and oxygen atoms in total. The number of amides is 4. The highest BCUT2D eigenvalue weighted by molar-refractivity contribution is 6.05. The van der Waals surface area contributed by atoms with Gasteiger partial charge in [-0.15, -0.1) is 24.8 Å². The number of aromatic nitrogens is 4. The Labute approximate surface area is 406 Å². The maximum Gasteiger partial charge on any atom is 0.270 e. The fraction of sp³-hybridized carbons (Fsp3) is 0.571. The first kappa shape index (κ1) is 48.4. The highest BCUT2D eigenvalue weighted by atomic mass is 35.5. The van der Waals surface area contributed by atoms with Crippen LogP contribution in [0.3, 0.4) is 0 Å². The van der Waals surface area contributed by atoms with Gasteiger partial charge in [-0.3, -0.25) is 29.4 Å². The van der Waals surface area contributed by atoms with Crippen LogP contribution in [0.4, 0.5) is 23.1 Å². The Kier molecular flexibility index (Phi) is 15.2. The van der Waals surface area contributed by atoms with Crippen LogP contribution in [0, 0.1) is 11.8 Å². The number of pyridine rings is 1. The van der Waals surface area contributed by atoms with Gasteiger partial charge >= 0.3 is 0 Å². The molecule has 67 heavy (non-hydrogen) atoms. The van der Waals surface area contributed by atoms with E-state index in [1.807, 2.05) is 24.4 Å². The van der Waals surface area contributed by atoms with E-state index in [1.54, 1.807) is 30.1 Å². The quantitative estimate of drug-likeness (QED) is 0.157. The van der Waals surface area contributed by atoms with E-state index < -0.39 is 6.04 Å². The molecule has 1 aromatic carbocycles. The van der Waals surface area contributed by atoms with Gasteiger partial charge in [0.1, 0.15) is 23.2 Å². The van der Waals surface area contributed by atoms with E-state index in [4.69, 9.17) is 9.97 Å². The van der Waals surface area contributed by atoms with Crippen molar-refractivity contribution < 1.29 is 19.2 Å². The minimum absolute atomic E-state index is 0. The summed E-state index contributed by atoms with van der Waals surface area (Å²) in [5.41, 5.74) is 5.41. The number of benzene rings is 1. The average Bonchev–Trinajstić information content (AvgIpc) is 4.07. The molecule has 18 heteroatoms. The van der Waals surface area contributed by atoms with E-state index in [0.29, 0.717) is 36.0 Å². The standard InChI is InChI=1S/C49H64N12O4.2ClH/c1-55(2)48(65)42-29-35-30-51-49(54-45(35)61(42)37-5-3-4-6-37)52-43-11-8-39(31-50-43)59-25-23-57(24-26-59)22-21-56-17-13-33(14-18-56)27-34-15-19-58(20-16-34)38-7-9-40-36(28-38)32-60(47(40)64)41-10-12-44(62)53-46(41)63;;/h7-9,11,28-31,33-34,37,41H,3-6,10,12-27,32H2,1-2H3,(H,53,62,63)(H,50,51,52,54);2*1H. The second-order valence-electron chi connectivity index (χ2n) is 19.6. The summed E-state index contributed by atoms with van der Waals surface area (Å²) in [4.78, 5) is 78.1. The Balaban J connectivity index is 0.00000304.